The number of nitro groups is 1. The number of likely N-dealkylation sites (N-methyl/N-ethyl adjacent to an activating group) is 1. The fourth-order valence-corrected chi connectivity index (χ4v) is 2.35. The Kier molecular flexibility index (Phi) is 5.47. The number of hydrogen-bond donors (Lipinski definition) is 0. The van der Waals surface area contributed by atoms with Crippen LogP contribution in [0.1, 0.15) is 15.9 Å². The summed E-state index contributed by atoms with van der Waals surface area (Å²) in [5.41, 5.74) is 1.78. The number of nitrogens with zero attached hydrogens (tertiary/aromatic N) is 4. The van der Waals surface area contributed by atoms with Crippen LogP contribution in [-0.2, 0) is 6.42 Å². The van der Waals surface area contributed by atoms with Crippen molar-refractivity contribution in [3.05, 3.63) is 64.0 Å². The van der Waals surface area contributed by atoms with Crippen LogP contribution < -0.4 is 4.90 Å². The Hall–Kier alpha value is -2.96. The highest BCUT2D eigenvalue weighted by atomic mass is 16.6. The zero-order chi connectivity index (χ0) is 17.7. The maximum atomic E-state index is 12.5. The molecule has 0 radical (unpaired) electrons. The van der Waals surface area contributed by atoms with Gasteiger partial charge >= 0.3 is 0 Å². The third-order valence-electron chi connectivity index (χ3n) is 3.73. The van der Waals surface area contributed by atoms with Gasteiger partial charge in [-0.05, 0) is 36.2 Å². The lowest BCUT2D eigenvalue weighted by Gasteiger charge is -2.18. The van der Waals surface area contributed by atoms with Crippen molar-refractivity contribution in [1.29, 1.82) is 0 Å². The molecule has 2 rings (SSSR count). The number of carbonyl (C=O) groups excluding carboxylic acids is 1. The summed E-state index contributed by atoms with van der Waals surface area (Å²) in [7, 11) is 5.14. The number of benzene rings is 1. The highest BCUT2D eigenvalue weighted by Gasteiger charge is 2.20. The standard InChI is InChI=1S/C17H20N4O3/c1-19(2)15-5-4-14(12-16(15)21(23)24)17(22)20(3)11-8-13-6-9-18-10-7-13/h4-7,9-10,12H,8,11H2,1-3H3. The van der Waals surface area contributed by atoms with Crippen molar-refractivity contribution in [2.45, 2.75) is 6.42 Å². The molecular formula is C17H20N4O3. The van der Waals surface area contributed by atoms with Crippen LogP contribution >= 0.6 is 0 Å². The fourth-order valence-electron chi connectivity index (χ4n) is 2.35. The maximum Gasteiger partial charge on any atom is 0.293 e. The molecule has 126 valence electrons. The summed E-state index contributed by atoms with van der Waals surface area (Å²) >= 11 is 0. The molecule has 24 heavy (non-hydrogen) atoms. The molecule has 0 aliphatic heterocycles. The van der Waals surface area contributed by atoms with Crippen LogP contribution in [0.2, 0.25) is 0 Å². The molecule has 1 aromatic carbocycles. The molecule has 0 atom stereocenters. The van der Waals surface area contributed by atoms with Gasteiger partial charge in [0, 0.05) is 51.7 Å². The van der Waals surface area contributed by atoms with E-state index < -0.39 is 4.92 Å². The van der Waals surface area contributed by atoms with Crippen molar-refractivity contribution in [3.8, 4) is 0 Å². The smallest absolute Gasteiger partial charge is 0.293 e. The second-order valence-electron chi connectivity index (χ2n) is 5.69. The minimum Gasteiger partial charge on any atom is -0.372 e. The summed E-state index contributed by atoms with van der Waals surface area (Å²) in [6, 6.07) is 8.35. The SMILES string of the molecule is CN(CCc1ccncc1)C(=O)c1ccc(N(C)C)c([N+](=O)[O-])c1. The van der Waals surface area contributed by atoms with Gasteiger partial charge in [-0.15, -0.1) is 0 Å². The molecule has 0 aliphatic carbocycles. The van der Waals surface area contributed by atoms with E-state index in [0.29, 0.717) is 24.2 Å². The van der Waals surface area contributed by atoms with Crippen molar-refractivity contribution in [1.82, 2.24) is 9.88 Å². The Morgan fingerprint density at radius 3 is 2.42 bits per heavy atom. The van der Waals surface area contributed by atoms with Gasteiger partial charge in [0.05, 0.1) is 4.92 Å². The molecule has 0 N–H and O–H groups in total. The van der Waals surface area contributed by atoms with Crippen LogP contribution in [0.15, 0.2) is 42.7 Å². The number of aromatic nitrogens is 1. The van der Waals surface area contributed by atoms with Gasteiger partial charge in [0.15, 0.2) is 0 Å². The molecule has 7 nitrogen and oxygen atoms in total. The fraction of sp³-hybridized carbons (Fsp3) is 0.294. The molecule has 2 aromatic rings. The number of carbonyl (C=O) groups is 1. The Labute approximate surface area is 140 Å². The minimum atomic E-state index is -0.469. The number of rotatable bonds is 6. The quantitative estimate of drug-likeness (QED) is 0.601. The number of hydrogen-bond acceptors (Lipinski definition) is 5. The van der Waals surface area contributed by atoms with Crippen LogP contribution in [0.5, 0.6) is 0 Å². The van der Waals surface area contributed by atoms with E-state index in [1.54, 1.807) is 55.5 Å². The van der Waals surface area contributed by atoms with Crippen molar-refractivity contribution in [2.75, 3.05) is 32.6 Å². The molecular weight excluding hydrogens is 308 g/mol. The summed E-state index contributed by atoms with van der Waals surface area (Å²) in [4.78, 5) is 30.4. The molecule has 1 amide bonds. The van der Waals surface area contributed by atoms with Crippen LogP contribution in [0.3, 0.4) is 0 Å². The van der Waals surface area contributed by atoms with Crippen LogP contribution in [-0.4, -0.2) is 48.4 Å². The third-order valence-corrected chi connectivity index (χ3v) is 3.73. The van der Waals surface area contributed by atoms with Crippen molar-refractivity contribution in [3.63, 3.8) is 0 Å². The Morgan fingerprint density at radius 1 is 1.17 bits per heavy atom. The first-order valence-corrected chi connectivity index (χ1v) is 7.50. The molecule has 1 aromatic heterocycles. The normalized spacial score (nSPS) is 10.3. The molecule has 0 fully saturated rings. The number of anilines is 1. The van der Waals surface area contributed by atoms with E-state index in [9.17, 15) is 14.9 Å². The lowest BCUT2D eigenvalue weighted by molar-refractivity contribution is -0.384. The monoisotopic (exact) mass is 328 g/mol. The van der Waals surface area contributed by atoms with E-state index in [1.165, 1.54) is 6.07 Å². The van der Waals surface area contributed by atoms with Gasteiger partial charge in [-0.3, -0.25) is 19.9 Å². The van der Waals surface area contributed by atoms with E-state index in [2.05, 4.69) is 4.98 Å². The summed E-state index contributed by atoms with van der Waals surface area (Å²) in [5, 5.41) is 11.2. The van der Waals surface area contributed by atoms with Gasteiger partial charge in [0.1, 0.15) is 5.69 Å². The zero-order valence-electron chi connectivity index (χ0n) is 14.0. The molecule has 0 saturated heterocycles. The summed E-state index contributed by atoms with van der Waals surface area (Å²) in [5.74, 6) is -0.238. The Bertz CT molecular complexity index is 732. The van der Waals surface area contributed by atoms with Crippen molar-refractivity contribution in [2.24, 2.45) is 0 Å². The number of pyridine rings is 1. The van der Waals surface area contributed by atoms with Gasteiger partial charge in [-0.1, -0.05) is 0 Å². The number of nitro benzene ring substituents is 1. The predicted molar refractivity (Wildman–Crippen MR) is 92.3 cm³/mol. The Morgan fingerprint density at radius 2 is 1.83 bits per heavy atom. The molecule has 0 bridgehead atoms. The van der Waals surface area contributed by atoms with E-state index >= 15 is 0 Å². The molecule has 7 heteroatoms. The van der Waals surface area contributed by atoms with E-state index in [0.717, 1.165) is 5.56 Å². The molecule has 0 unspecified atom stereocenters. The highest BCUT2D eigenvalue weighted by Crippen LogP contribution is 2.28. The molecule has 0 spiro atoms. The number of amides is 1. The van der Waals surface area contributed by atoms with Gasteiger partial charge in [-0.25, -0.2) is 0 Å². The first kappa shape index (κ1) is 17.4. The Balaban J connectivity index is 2.13. The topological polar surface area (TPSA) is 79.6 Å². The maximum absolute atomic E-state index is 12.5. The van der Waals surface area contributed by atoms with Gasteiger partial charge in [-0.2, -0.15) is 0 Å². The second-order valence-corrected chi connectivity index (χ2v) is 5.69. The largest absolute Gasteiger partial charge is 0.372 e. The van der Waals surface area contributed by atoms with Crippen LogP contribution in [0.25, 0.3) is 0 Å². The zero-order valence-corrected chi connectivity index (χ0v) is 14.0. The van der Waals surface area contributed by atoms with Gasteiger partial charge in [0.25, 0.3) is 11.6 Å². The minimum absolute atomic E-state index is 0.0756. The highest BCUT2D eigenvalue weighted by molar-refractivity contribution is 5.95. The van der Waals surface area contributed by atoms with E-state index in [1.807, 2.05) is 12.1 Å². The van der Waals surface area contributed by atoms with Crippen LogP contribution in [0.4, 0.5) is 11.4 Å². The average molecular weight is 328 g/mol. The van der Waals surface area contributed by atoms with Crippen molar-refractivity contribution < 1.29 is 9.72 Å². The second kappa shape index (κ2) is 7.54. The summed E-state index contributed by atoms with van der Waals surface area (Å²) in [6.45, 7) is 0.520. The lowest BCUT2D eigenvalue weighted by atomic mass is 10.1. The van der Waals surface area contributed by atoms with E-state index in [-0.39, 0.29) is 11.6 Å². The molecule has 1 heterocycles. The van der Waals surface area contributed by atoms with Crippen LogP contribution in [0, 0.1) is 10.1 Å². The molecule has 0 saturated carbocycles. The predicted octanol–water partition coefficient (Wildman–Crippen LogP) is 2.37. The third kappa shape index (κ3) is 4.07. The lowest BCUT2D eigenvalue weighted by Crippen LogP contribution is -2.29. The summed E-state index contributed by atoms with van der Waals surface area (Å²) < 4.78 is 0. The first-order chi connectivity index (χ1) is 11.4. The average Bonchev–Trinajstić information content (AvgIpc) is 2.59. The van der Waals surface area contributed by atoms with Crippen molar-refractivity contribution >= 4 is 17.3 Å². The molecule has 0 aliphatic rings. The van der Waals surface area contributed by atoms with E-state index in [4.69, 9.17) is 0 Å². The summed E-state index contributed by atoms with van der Waals surface area (Å²) in [6.07, 6.45) is 4.11. The van der Waals surface area contributed by atoms with Gasteiger partial charge in [0.2, 0.25) is 0 Å². The first-order valence-electron chi connectivity index (χ1n) is 7.50. The van der Waals surface area contributed by atoms with Gasteiger partial charge < -0.3 is 9.80 Å².